The van der Waals surface area contributed by atoms with Gasteiger partial charge in [0.2, 0.25) is 0 Å². The lowest BCUT2D eigenvalue weighted by Crippen LogP contribution is -2.17. The summed E-state index contributed by atoms with van der Waals surface area (Å²) in [5.74, 6) is -0.479. The third-order valence-corrected chi connectivity index (χ3v) is 3.70. The van der Waals surface area contributed by atoms with Gasteiger partial charge in [0.05, 0.1) is 0 Å². The van der Waals surface area contributed by atoms with E-state index in [0.717, 1.165) is 38.5 Å². The van der Waals surface area contributed by atoms with Crippen LogP contribution in [0, 0.1) is 0 Å². The Labute approximate surface area is 141 Å². The van der Waals surface area contributed by atoms with E-state index in [4.69, 9.17) is 15.3 Å². The van der Waals surface area contributed by atoms with E-state index in [1.54, 1.807) is 18.2 Å². The molecule has 3 rings (SSSR count). The van der Waals surface area contributed by atoms with Crippen molar-refractivity contribution in [3.05, 3.63) is 35.5 Å². The van der Waals surface area contributed by atoms with Crippen LogP contribution in [-0.2, 0) is 14.4 Å². The van der Waals surface area contributed by atoms with E-state index < -0.39 is 0 Å². The molecule has 6 nitrogen and oxygen atoms in total. The fourth-order valence-electron chi connectivity index (χ4n) is 2.24. The monoisotopic (exact) mass is 336 g/mol. The zero-order valence-corrected chi connectivity index (χ0v) is 13.7. The van der Waals surface area contributed by atoms with Gasteiger partial charge < -0.3 is 15.3 Å². The van der Waals surface area contributed by atoms with E-state index in [0.29, 0.717) is 19.3 Å². The maximum absolute atomic E-state index is 10.5. The third-order valence-electron chi connectivity index (χ3n) is 3.70. The van der Waals surface area contributed by atoms with Crippen molar-refractivity contribution in [3.63, 3.8) is 0 Å². The van der Waals surface area contributed by atoms with E-state index in [1.807, 2.05) is 0 Å². The molecule has 0 atom stereocenters. The van der Waals surface area contributed by atoms with E-state index in [1.165, 1.54) is 0 Å². The van der Waals surface area contributed by atoms with Crippen LogP contribution in [0.2, 0.25) is 0 Å². The summed E-state index contributed by atoms with van der Waals surface area (Å²) in [6.45, 7) is 0. The standard InChI is InChI=1S/3C6H8O2/c3*7-5-3-1-2-4-6(5)8/h1-4H2;3,7H,1-2,4H2;3-4,7-8H,1-2H2. The lowest BCUT2D eigenvalue weighted by atomic mass is 9.98. The molecule has 0 aliphatic heterocycles. The van der Waals surface area contributed by atoms with E-state index in [-0.39, 0.29) is 34.6 Å². The number of ketones is 3. The Balaban J connectivity index is 0.000000180. The number of aliphatic hydroxyl groups excluding tert-OH is 3. The highest BCUT2D eigenvalue weighted by Crippen LogP contribution is 2.12. The SMILES string of the molecule is O=C1CCCC=C1O.O=C1CCCCC1=O.OC1=CCCC=C1O. The second kappa shape index (κ2) is 10.4. The number of hydrogen-bond donors (Lipinski definition) is 3. The number of Topliss-reactive ketones (excluding diaryl/α,β-unsaturated/α-hetero) is 3. The van der Waals surface area contributed by atoms with Crippen LogP contribution in [-0.4, -0.2) is 32.7 Å². The number of allylic oxidation sites excluding steroid dienone is 4. The van der Waals surface area contributed by atoms with E-state index >= 15 is 0 Å². The Kier molecular flexibility index (Phi) is 8.54. The molecule has 0 radical (unpaired) electrons. The first kappa shape index (κ1) is 19.7. The van der Waals surface area contributed by atoms with Crippen molar-refractivity contribution in [2.75, 3.05) is 0 Å². The summed E-state index contributed by atoms with van der Waals surface area (Å²) in [7, 11) is 0. The molecule has 0 spiro atoms. The molecule has 0 amide bonds. The van der Waals surface area contributed by atoms with Gasteiger partial charge >= 0.3 is 0 Å². The quantitative estimate of drug-likeness (QED) is 0.583. The fourth-order valence-corrected chi connectivity index (χ4v) is 2.24. The van der Waals surface area contributed by atoms with Crippen molar-refractivity contribution in [2.24, 2.45) is 0 Å². The maximum Gasteiger partial charge on any atom is 0.198 e. The second-order valence-corrected chi connectivity index (χ2v) is 5.71. The van der Waals surface area contributed by atoms with Crippen molar-refractivity contribution in [2.45, 2.75) is 57.8 Å². The summed E-state index contributed by atoms with van der Waals surface area (Å²) in [5, 5.41) is 26.1. The van der Waals surface area contributed by atoms with Crippen LogP contribution in [0.15, 0.2) is 35.5 Å². The summed E-state index contributed by atoms with van der Waals surface area (Å²) in [5.41, 5.74) is 0. The molecule has 0 saturated heterocycles. The van der Waals surface area contributed by atoms with Gasteiger partial charge in [0.1, 0.15) is 0 Å². The molecule has 0 aromatic carbocycles. The minimum atomic E-state index is -0.170. The number of aliphatic hydroxyl groups is 3. The van der Waals surface area contributed by atoms with Gasteiger partial charge in [0, 0.05) is 19.3 Å². The van der Waals surface area contributed by atoms with Crippen LogP contribution < -0.4 is 0 Å². The largest absolute Gasteiger partial charge is 0.505 e. The second-order valence-electron chi connectivity index (χ2n) is 5.71. The van der Waals surface area contributed by atoms with Crippen LogP contribution >= 0.6 is 0 Å². The predicted molar refractivity (Wildman–Crippen MR) is 88.7 cm³/mol. The normalized spacial score (nSPS) is 20.5. The Bertz CT molecular complexity index is 526. The topological polar surface area (TPSA) is 112 Å². The van der Waals surface area contributed by atoms with Crippen molar-refractivity contribution >= 4 is 17.3 Å². The average Bonchev–Trinajstić information content (AvgIpc) is 2.57. The molecule has 0 aromatic rings. The molecular weight excluding hydrogens is 312 g/mol. The fraction of sp³-hybridized carbons (Fsp3) is 0.500. The molecule has 1 saturated carbocycles. The number of carbonyl (C=O) groups is 3. The van der Waals surface area contributed by atoms with Crippen molar-refractivity contribution in [3.8, 4) is 0 Å². The third kappa shape index (κ3) is 7.26. The van der Waals surface area contributed by atoms with Crippen molar-refractivity contribution in [1.82, 2.24) is 0 Å². The van der Waals surface area contributed by atoms with Crippen LogP contribution in [0.1, 0.15) is 57.8 Å². The van der Waals surface area contributed by atoms with Gasteiger partial charge in [-0.1, -0.05) is 0 Å². The molecule has 3 aliphatic rings. The summed E-state index contributed by atoms with van der Waals surface area (Å²) in [6.07, 6.45) is 11.5. The molecule has 0 bridgehead atoms. The number of carbonyl (C=O) groups excluding carboxylic acids is 3. The smallest absolute Gasteiger partial charge is 0.198 e. The summed E-state index contributed by atoms with van der Waals surface area (Å²) in [4.78, 5) is 31.4. The van der Waals surface area contributed by atoms with Crippen molar-refractivity contribution < 1.29 is 29.7 Å². The first-order valence-corrected chi connectivity index (χ1v) is 8.18. The average molecular weight is 336 g/mol. The summed E-state index contributed by atoms with van der Waals surface area (Å²) < 4.78 is 0. The Morgan fingerprint density at radius 1 is 0.542 bits per heavy atom. The van der Waals surface area contributed by atoms with Crippen LogP contribution in [0.5, 0.6) is 0 Å². The van der Waals surface area contributed by atoms with Crippen LogP contribution in [0.25, 0.3) is 0 Å². The molecule has 1 fully saturated rings. The maximum atomic E-state index is 10.5. The van der Waals surface area contributed by atoms with Gasteiger partial charge in [-0.15, -0.1) is 0 Å². The Morgan fingerprint density at radius 3 is 1.25 bits per heavy atom. The van der Waals surface area contributed by atoms with Gasteiger partial charge in [-0.3, -0.25) is 14.4 Å². The number of rotatable bonds is 0. The lowest BCUT2D eigenvalue weighted by Gasteiger charge is -2.04. The van der Waals surface area contributed by atoms with Crippen LogP contribution in [0.4, 0.5) is 0 Å². The molecular formula is C18H24O6. The van der Waals surface area contributed by atoms with Gasteiger partial charge in [0.25, 0.3) is 0 Å². The molecule has 3 N–H and O–H groups in total. The summed E-state index contributed by atoms with van der Waals surface area (Å²) >= 11 is 0. The predicted octanol–water partition coefficient (Wildman–Crippen LogP) is 3.54. The molecule has 0 aromatic heterocycles. The number of hydrogen-bond acceptors (Lipinski definition) is 6. The molecule has 132 valence electrons. The first-order valence-electron chi connectivity index (χ1n) is 8.18. The molecule has 6 heteroatoms. The van der Waals surface area contributed by atoms with E-state index in [2.05, 4.69) is 0 Å². The zero-order valence-electron chi connectivity index (χ0n) is 13.7. The summed E-state index contributed by atoms with van der Waals surface area (Å²) in [6, 6.07) is 0. The lowest BCUT2D eigenvalue weighted by molar-refractivity contribution is -0.137. The highest BCUT2D eigenvalue weighted by molar-refractivity contribution is 6.37. The van der Waals surface area contributed by atoms with Crippen molar-refractivity contribution in [1.29, 1.82) is 0 Å². The first-order chi connectivity index (χ1) is 11.4. The molecule has 24 heavy (non-hydrogen) atoms. The minimum Gasteiger partial charge on any atom is -0.505 e. The van der Waals surface area contributed by atoms with Gasteiger partial charge in [0.15, 0.2) is 34.6 Å². The molecule has 0 heterocycles. The molecule has 0 unspecified atom stereocenters. The zero-order chi connectivity index (χ0) is 17.9. The molecule has 3 aliphatic carbocycles. The Morgan fingerprint density at radius 2 is 0.958 bits per heavy atom. The highest BCUT2D eigenvalue weighted by Gasteiger charge is 2.17. The van der Waals surface area contributed by atoms with Gasteiger partial charge in [-0.05, 0) is 56.8 Å². The van der Waals surface area contributed by atoms with Gasteiger partial charge in [-0.25, -0.2) is 0 Å². The minimum absolute atomic E-state index is 0.0104. The highest BCUT2D eigenvalue weighted by atomic mass is 16.3. The van der Waals surface area contributed by atoms with E-state index in [9.17, 15) is 14.4 Å². The van der Waals surface area contributed by atoms with Crippen LogP contribution in [0.3, 0.4) is 0 Å². The van der Waals surface area contributed by atoms with Gasteiger partial charge in [-0.2, -0.15) is 0 Å². The Hall–Kier alpha value is -2.37.